The lowest BCUT2D eigenvalue weighted by molar-refractivity contribution is -0.119. The van der Waals surface area contributed by atoms with Gasteiger partial charge in [0.15, 0.2) is 6.61 Å². The van der Waals surface area contributed by atoms with Crippen molar-refractivity contribution in [1.82, 2.24) is 0 Å². The average molecular weight is 488 g/mol. The van der Waals surface area contributed by atoms with Crippen molar-refractivity contribution < 1.29 is 17.9 Å². The summed E-state index contributed by atoms with van der Waals surface area (Å²) in [6.07, 6.45) is 0. The van der Waals surface area contributed by atoms with E-state index < -0.39 is 22.5 Å². The molecule has 3 aromatic carbocycles. The van der Waals surface area contributed by atoms with Crippen molar-refractivity contribution in [3.8, 4) is 5.75 Å². The maximum atomic E-state index is 13.4. The minimum absolute atomic E-state index is 0.0378. The lowest BCUT2D eigenvalue weighted by atomic mass is 10.1. The van der Waals surface area contributed by atoms with Crippen molar-refractivity contribution in [1.29, 1.82) is 0 Å². The molecule has 7 heteroatoms. The minimum atomic E-state index is -4.12. The SMILES string of the molecule is Cc1ccc(OCC(=O)N(c2cc(C)ccc2C)S(=O)(=O)c2ccccc2)c(Br)c1. The first kappa shape index (κ1) is 22.1. The predicted octanol–water partition coefficient (Wildman–Crippen LogP) is 5.18. The molecule has 0 aromatic heterocycles. The predicted molar refractivity (Wildman–Crippen MR) is 121 cm³/mol. The summed E-state index contributed by atoms with van der Waals surface area (Å²) in [5.41, 5.74) is 2.86. The number of anilines is 1. The van der Waals surface area contributed by atoms with Crippen LogP contribution in [-0.4, -0.2) is 20.9 Å². The number of sulfonamides is 1. The molecule has 0 aliphatic carbocycles. The summed E-state index contributed by atoms with van der Waals surface area (Å²) in [7, 11) is -4.12. The van der Waals surface area contributed by atoms with Gasteiger partial charge < -0.3 is 4.74 Å². The minimum Gasteiger partial charge on any atom is -0.483 e. The summed E-state index contributed by atoms with van der Waals surface area (Å²) in [5, 5.41) is 0. The van der Waals surface area contributed by atoms with E-state index in [0.29, 0.717) is 21.5 Å². The number of benzene rings is 3. The zero-order chi connectivity index (χ0) is 21.9. The molecule has 0 saturated carbocycles. The highest BCUT2D eigenvalue weighted by molar-refractivity contribution is 9.10. The molecule has 0 heterocycles. The van der Waals surface area contributed by atoms with Crippen molar-refractivity contribution in [2.75, 3.05) is 10.9 Å². The number of carbonyl (C=O) groups excluding carboxylic acids is 1. The summed E-state index contributed by atoms with van der Waals surface area (Å²) in [4.78, 5) is 13.2. The standard InChI is InChI=1S/C23H22BrNO4S/c1-16-10-12-22(20(24)13-16)29-15-23(26)25(21-14-17(2)9-11-18(21)3)30(27,28)19-7-5-4-6-8-19/h4-14H,15H2,1-3H3. The monoisotopic (exact) mass is 487 g/mol. The van der Waals surface area contributed by atoms with E-state index in [2.05, 4.69) is 15.9 Å². The summed E-state index contributed by atoms with van der Waals surface area (Å²) in [5.74, 6) is -0.216. The second kappa shape index (κ2) is 9.02. The van der Waals surface area contributed by atoms with Gasteiger partial charge in [-0.1, -0.05) is 36.4 Å². The molecular weight excluding hydrogens is 466 g/mol. The van der Waals surface area contributed by atoms with Crippen LogP contribution in [-0.2, 0) is 14.8 Å². The van der Waals surface area contributed by atoms with E-state index in [-0.39, 0.29) is 4.90 Å². The molecule has 1 amide bonds. The number of hydrogen-bond acceptors (Lipinski definition) is 4. The number of rotatable bonds is 6. The Morgan fingerprint density at radius 3 is 2.23 bits per heavy atom. The Hall–Kier alpha value is -2.64. The van der Waals surface area contributed by atoms with Gasteiger partial charge in [-0.15, -0.1) is 0 Å². The van der Waals surface area contributed by atoms with Crippen LogP contribution in [0.25, 0.3) is 0 Å². The molecule has 0 bridgehead atoms. The Morgan fingerprint density at radius 1 is 0.933 bits per heavy atom. The molecule has 3 rings (SSSR count). The van der Waals surface area contributed by atoms with Gasteiger partial charge in [-0.3, -0.25) is 4.79 Å². The Labute approximate surface area is 185 Å². The fourth-order valence-corrected chi connectivity index (χ4v) is 5.05. The van der Waals surface area contributed by atoms with Gasteiger partial charge in [0.25, 0.3) is 15.9 Å². The first-order chi connectivity index (χ1) is 14.2. The van der Waals surface area contributed by atoms with Crippen molar-refractivity contribution in [3.05, 3.63) is 87.9 Å². The summed E-state index contributed by atoms with van der Waals surface area (Å²) in [6.45, 7) is 5.13. The van der Waals surface area contributed by atoms with E-state index in [1.54, 1.807) is 43.3 Å². The third-order valence-corrected chi connectivity index (χ3v) is 6.90. The number of hydrogen-bond donors (Lipinski definition) is 0. The quantitative estimate of drug-likeness (QED) is 0.480. The van der Waals surface area contributed by atoms with Gasteiger partial charge >= 0.3 is 0 Å². The van der Waals surface area contributed by atoms with Crippen LogP contribution in [0.2, 0.25) is 0 Å². The third-order valence-electron chi connectivity index (χ3n) is 4.53. The molecule has 3 aromatic rings. The molecule has 0 aliphatic rings. The lowest BCUT2D eigenvalue weighted by Crippen LogP contribution is -2.40. The highest BCUT2D eigenvalue weighted by atomic mass is 79.9. The molecular formula is C23H22BrNO4S. The number of halogens is 1. The van der Waals surface area contributed by atoms with Gasteiger partial charge in [-0.2, -0.15) is 4.31 Å². The number of carbonyl (C=O) groups is 1. The average Bonchev–Trinajstić information content (AvgIpc) is 2.70. The lowest BCUT2D eigenvalue weighted by Gasteiger charge is -2.25. The van der Waals surface area contributed by atoms with E-state index in [9.17, 15) is 13.2 Å². The van der Waals surface area contributed by atoms with E-state index in [4.69, 9.17) is 4.74 Å². The van der Waals surface area contributed by atoms with Gasteiger partial charge in [0, 0.05) is 0 Å². The maximum Gasteiger partial charge on any atom is 0.278 e. The van der Waals surface area contributed by atoms with E-state index >= 15 is 0 Å². The molecule has 0 saturated heterocycles. The van der Waals surface area contributed by atoms with Crippen LogP contribution in [0.3, 0.4) is 0 Å². The van der Waals surface area contributed by atoms with Gasteiger partial charge in [0.2, 0.25) is 0 Å². The molecule has 30 heavy (non-hydrogen) atoms. The number of nitrogens with zero attached hydrogens (tertiary/aromatic N) is 1. The largest absolute Gasteiger partial charge is 0.483 e. The van der Waals surface area contributed by atoms with Crippen LogP contribution < -0.4 is 9.04 Å². The maximum absolute atomic E-state index is 13.4. The molecule has 5 nitrogen and oxygen atoms in total. The Kier molecular flexibility index (Phi) is 6.63. The van der Waals surface area contributed by atoms with Crippen molar-refractivity contribution in [2.24, 2.45) is 0 Å². The van der Waals surface area contributed by atoms with Crippen LogP contribution in [0.15, 0.2) is 76.1 Å². The molecule has 0 atom stereocenters. The summed E-state index contributed by atoms with van der Waals surface area (Å²) in [6, 6.07) is 18.7. The van der Waals surface area contributed by atoms with Gasteiger partial charge in [0.05, 0.1) is 15.1 Å². The zero-order valence-electron chi connectivity index (χ0n) is 16.9. The van der Waals surface area contributed by atoms with Crippen LogP contribution in [0, 0.1) is 20.8 Å². The number of ether oxygens (including phenoxy) is 1. The van der Waals surface area contributed by atoms with Crippen LogP contribution in [0.4, 0.5) is 5.69 Å². The Balaban J connectivity index is 2.01. The first-order valence-electron chi connectivity index (χ1n) is 9.29. The van der Waals surface area contributed by atoms with E-state index in [1.165, 1.54) is 12.1 Å². The molecule has 0 radical (unpaired) electrons. The third kappa shape index (κ3) is 4.74. The second-order valence-corrected chi connectivity index (χ2v) is 9.63. The van der Waals surface area contributed by atoms with Crippen LogP contribution in [0.1, 0.15) is 16.7 Å². The molecule has 0 aliphatic heterocycles. The molecule has 0 spiro atoms. The topological polar surface area (TPSA) is 63.7 Å². The summed E-state index contributed by atoms with van der Waals surface area (Å²) >= 11 is 3.41. The van der Waals surface area contributed by atoms with Crippen molar-refractivity contribution in [3.63, 3.8) is 0 Å². The van der Waals surface area contributed by atoms with Crippen LogP contribution >= 0.6 is 15.9 Å². The van der Waals surface area contributed by atoms with Gasteiger partial charge in [-0.25, -0.2) is 8.42 Å². The highest BCUT2D eigenvalue weighted by Crippen LogP contribution is 2.29. The fourth-order valence-electron chi connectivity index (χ4n) is 2.96. The Morgan fingerprint density at radius 2 is 1.57 bits per heavy atom. The number of amides is 1. The second-order valence-electron chi connectivity index (χ2n) is 6.99. The highest BCUT2D eigenvalue weighted by Gasteiger charge is 2.32. The van der Waals surface area contributed by atoms with E-state index in [1.807, 2.05) is 32.0 Å². The smallest absolute Gasteiger partial charge is 0.278 e. The van der Waals surface area contributed by atoms with Crippen LogP contribution in [0.5, 0.6) is 5.75 Å². The first-order valence-corrected chi connectivity index (χ1v) is 11.5. The molecule has 0 fully saturated rings. The summed E-state index contributed by atoms with van der Waals surface area (Å²) < 4.78 is 34.0. The normalized spacial score (nSPS) is 11.2. The molecule has 0 N–H and O–H groups in total. The van der Waals surface area contributed by atoms with Crippen molar-refractivity contribution in [2.45, 2.75) is 25.7 Å². The fraction of sp³-hybridized carbons (Fsp3) is 0.174. The number of aryl methyl sites for hydroxylation is 3. The van der Waals surface area contributed by atoms with Gasteiger partial charge in [-0.05, 0) is 83.7 Å². The van der Waals surface area contributed by atoms with Gasteiger partial charge in [0.1, 0.15) is 5.75 Å². The molecule has 156 valence electrons. The van der Waals surface area contributed by atoms with E-state index in [0.717, 1.165) is 15.4 Å². The zero-order valence-corrected chi connectivity index (χ0v) is 19.3. The van der Waals surface area contributed by atoms with Crippen molar-refractivity contribution >= 4 is 37.5 Å². The Bertz CT molecular complexity index is 1180. The molecule has 0 unspecified atom stereocenters.